The number of aliphatic carboxylic acids is 1. The van der Waals surface area contributed by atoms with Crippen LogP contribution < -0.4 is 0 Å². The Bertz CT molecular complexity index is 612. The Hall–Kier alpha value is -2.21. The van der Waals surface area contributed by atoms with Gasteiger partial charge in [-0.3, -0.25) is 9.69 Å². The lowest BCUT2D eigenvalue weighted by atomic mass is 10.0. The molecule has 2 heterocycles. The molecule has 2 aromatic rings. The number of hydrogen-bond donors (Lipinski definition) is 1. The summed E-state index contributed by atoms with van der Waals surface area (Å²) in [4.78, 5) is 17.3. The predicted molar refractivity (Wildman–Crippen MR) is 75.5 cm³/mol. The molecule has 1 aromatic heterocycles. The topological polar surface area (TPSA) is 79.5 Å². The van der Waals surface area contributed by atoms with E-state index in [0.29, 0.717) is 11.7 Å². The van der Waals surface area contributed by atoms with Crippen LogP contribution in [0.25, 0.3) is 11.4 Å². The van der Waals surface area contributed by atoms with E-state index in [9.17, 15) is 4.79 Å². The number of piperidine rings is 1. The van der Waals surface area contributed by atoms with Crippen molar-refractivity contribution in [3.05, 3.63) is 36.2 Å². The van der Waals surface area contributed by atoms with Crippen LogP contribution in [0.1, 0.15) is 31.2 Å². The molecule has 1 aliphatic heterocycles. The first-order chi connectivity index (χ1) is 10.2. The van der Waals surface area contributed by atoms with Crippen molar-refractivity contribution in [3.8, 4) is 11.4 Å². The monoisotopic (exact) mass is 287 g/mol. The third kappa shape index (κ3) is 3.11. The number of carboxylic acid groups (broad SMARTS) is 1. The molecule has 0 spiro atoms. The summed E-state index contributed by atoms with van der Waals surface area (Å²) in [7, 11) is 0. The van der Waals surface area contributed by atoms with E-state index in [0.717, 1.165) is 31.4 Å². The van der Waals surface area contributed by atoms with Crippen molar-refractivity contribution in [2.24, 2.45) is 0 Å². The molecule has 1 unspecified atom stereocenters. The number of carboxylic acids is 1. The smallest absolute Gasteiger partial charge is 0.317 e. The third-order valence-electron chi connectivity index (χ3n) is 3.71. The lowest BCUT2D eigenvalue weighted by Gasteiger charge is -2.31. The Morgan fingerprint density at radius 2 is 2.14 bits per heavy atom. The van der Waals surface area contributed by atoms with Gasteiger partial charge in [-0.2, -0.15) is 4.98 Å². The van der Waals surface area contributed by atoms with Gasteiger partial charge in [0.1, 0.15) is 0 Å². The lowest BCUT2D eigenvalue weighted by Crippen LogP contribution is -2.37. The number of nitrogens with zero attached hydrogens (tertiary/aromatic N) is 3. The number of aromatic nitrogens is 2. The van der Waals surface area contributed by atoms with E-state index in [1.165, 1.54) is 0 Å². The number of carbonyl (C=O) groups is 1. The van der Waals surface area contributed by atoms with Crippen molar-refractivity contribution in [1.29, 1.82) is 0 Å². The van der Waals surface area contributed by atoms with Crippen molar-refractivity contribution in [2.75, 3.05) is 13.1 Å². The van der Waals surface area contributed by atoms with Gasteiger partial charge in [0.25, 0.3) is 0 Å². The van der Waals surface area contributed by atoms with Gasteiger partial charge in [0, 0.05) is 5.56 Å². The summed E-state index contributed by atoms with van der Waals surface area (Å²) < 4.78 is 5.37. The molecule has 6 nitrogen and oxygen atoms in total. The summed E-state index contributed by atoms with van der Waals surface area (Å²) in [6.07, 6.45) is 2.90. The molecule has 0 bridgehead atoms. The maximum atomic E-state index is 11.0. The maximum absolute atomic E-state index is 11.0. The van der Waals surface area contributed by atoms with E-state index in [2.05, 4.69) is 10.1 Å². The van der Waals surface area contributed by atoms with Crippen LogP contribution in [0.2, 0.25) is 0 Å². The fourth-order valence-electron chi connectivity index (χ4n) is 2.71. The Labute approximate surface area is 122 Å². The molecule has 1 atom stereocenters. The second kappa shape index (κ2) is 6.05. The first kappa shape index (κ1) is 13.8. The van der Waals surface area contributed by atoms with E-state index >= 15 is 0 Å². The Morgan fingerprint density at radius 1 is 1.33 bits per heavy atom. The van der Waals surface area contributed by atoms with Crippen LogP contribution in [0.15, 0.2) is 34.9 Å². The normalized spacial score (nSPS) is 19.5. The number of likely N-dealkylation sites (tertiary alicyclic amines) is 1. The van der Waals surface area contributed by atoms with Gasteiger partial charge in [0.15, 0.2) is 0 Å². The largest absolute Gasteiger partial charge is 0.480 e. The van der Waals surface area contributed by atoms with Crippen molar-refractivity contribution < 1.29 is 14.4 Å². The zero-order chi connectivity index (χ0) is 14.7. The minimum atomic E-state index is -0.829. The van der Waals surface area contributed by atoms with Gasteiger partial charge in [-0.1, -0.05) is 41.9 Å². The molecule has 0 saturated carbocycles. The SMILES string of the molecule is O=C(O)CN1CCCCC1c1nc(-c2ccccc2)no1. The van der Waals surface area contributed by atoms with Crippen LogP contribution >= 0.6 is 0 Å². The van der Waals surface area contributed by atoms with Crippen LogP contribution in [0.4, 0.5) is 0 Å². The van der Waals surface area contributed by atoms with E-state index in [1.54, 1.807) is 0 Å². The second-order valence-corrected chi connectivity index (χ2v) is 5.20. The molecular formula is C15H17N3O3. The van der Waals surface area contributed by atoms with Crippen LogP contribution in [0, 0.1) is 0 Å². The molecule has 0 amide bonds. The molecular weight excluding hydrogens is 270 g/mol. The Morgan fingerprint density at radius 3 is 2.90 bits per heavy atom. The highest BCUT2D eigenvalue weighted by Gasteiger charge is 2.30. The van der Waals surface area contributed by atoms with Gasteiger partial charge in [-0.15, -0.1) is 0 Å². The first-order valence-corrected chi connectivity index (χ1v) is 7.09. The Kier molecular flexibility index (Phi) is 3.96. The van der Waals surface area contributed by atoms with Crippen LogP contribution in [0.5, 0.6) is 0 Å². The van der Waals surface area contributed by atoms with Crippen molar-refractivity contribution in [1.82, 2.24) is 15.0 Å². The molecule has 1 aliphatic rings. The Balaban J connectivity index is 1.82. The molecule has 110 valence electrons. The quantitative estimate of drug-likeness (QED) is 0.929. The van der Waals surface area contributed by atoms with Gasteiger partial charge >= 0.3 is 5.97 Å². The van der Waals surface area contributed by atoms with E-state index in [4.69, 9.17) is 9.63 Å². The molecule has 6 heteroatoms. The van der Waals surface area contributed by atoms with E-state index < -0.39 is 5.97 Å². The molecule has 3 rings (SSSR count). The van der Waals surface area contributed by atoms with Gasteiger partial charge in [0.05, 0.1) is 12.6 Å². The van der Waals surface area contributed by atoms with Crippen molar-refractivity contribution >= 4 is 5.97 Å². The highest BCUT2D eigenvalue weighted by molar-refractivity contribution is 5.69. The van der Waals surface area contributed by atoms with Crippen molar-refractivity contribution in [3.63, 3.8) is 0 Å². The molecule has 0 aliphatic carbocycles. The summed E-state index contributed by atoms with van der Waals surface area (Å²) in [5.74, 6) is 0.228. The van der Waals surface area contributed by atoms with Crippen LogP contribution in [-0.4, -0.2) is 39.2 Å². The zero-order valence-electron chi connectivity index (χ0n) is 11.6. The summed E-state index contributed by atoms with van der Waals surface area (Å²) in [5.41, 5.74) is 0.896. The molecule has 1 saturated heterocycles. The molecule has 0 radical (unpaired) electrons. The molecule has 1 N–H and O–H groups in total. The van der Waals surface area contributed by atoms with Crippen LogP contribution in [-0.2, 0) is 4.79 Å². The fourth-order valence-corrected chi connectivity index (χ4v) is 2.71. The minimum absolute atomic E-state index is 0.00766. The van der Waals surface area contributed by atoms with Gasteiger partial charge in [-0.25, -0.2) is 0 Å². The number of benzene rings is 1. The predicted octanol–water partition coefficient (Wildman–Crippen LogP) is 2.35. The molecule has 1 fully saturated rings. The number of rotatable bonds is 4. The van der Waals surface area contributed by atoms with Crippen LogP contribution in [0.3, 0.4) is 0 Å². The molecule has 21 heavy (non-hydrogen) atoms. The standard InChI is InChI=1S/C15H17N3O3/c19-13(20)10-18-9-5-4-8-12(18)15-16-14(17-21-15)11-6-2-1-3-7-11/h1-3,6-7,12H,4-5,8-10H2,(H,19,20). The summed E-state index contributed by atoms with van der Waals surface area (Å²) in [6, 6.07) is 9.51. The second-order valence-electron chi connectivity index (χ2n) is 5.20. The average molecular weight is 287 g/mol. The first-order valence-electron chi connectivity index (χ1n) is 7.09. The third-order valence-corrected chi connectivity index (χ3v) is 3.71. The fraction of sp³-hybridized carbons (Fsp3) is 0.400. The lowest BCUT2D eigenvalue weighted by molar-refractivity contribution is -0.139. The van der Waals surface area contributed by atoms with Gasteiger partial charge in [0.2, 0.25) is 11.7 Å². The average Bonchev–Trinajstić information content (AvgIpc) is 2.98. The number of hydrogen-bond acceptors (Lipinski definition) is 5. The van der Waals surface area contributed by atoms with Gasteiger partial charge in [-0.05, 0) is 19.4 Å². The zero-order valence-corrected chi connectivity index (χ0v) is 11.6. The van der Waals surface area contributed by atoms with Crippen molar-refractivity contribution in [2.45, 2.75) is 25.3 Å². The molecule has 1 aromatic carbocycles. The highest BCUT2D eigenvalue weighted by atomic mass is 16.5. The minimum Gasteiger partial charge on any atom is -0.480 e. The summed E-state index contributed by atoms with van der Waals surface area (Å²) >= 11 is 0. The van der Waals surface area contributed by atoms with Gasteiger partial charge < -0.3 is 9.63 Å². The van der Waals surface area contributed by atoms with E-state index in [1.807, 2.05) is 35.2 Å². The van der Waals surface area contributed by atoms with E-state index in [-0.39, 0.29) is 12.6 Å². The summed E-state index contributed by atoms with van der Waals surface area (Å²) in [5, 5.41) is 13.0. The highest BCUT2D eigenvalue weighted by Crippen LogP contribution is 2.30. The summed E-state index contributed by atoms with van der Waals surface area (Å²) in [6.45, 7) is 0.758. The maximum Gasteiger partial charge on any atom is 0.317 e.